The lowest BCUT2D eigenvalue weighted by molar-refractivity contribution is 0.426. The van der Waals surface area contributed by atoms with Crippen molar-refractivity contribution < 1.29 is 17.2 Å². The summed E-state index contributed by atoms with van der Waals surface area (Å²) in [5, 5.41) is 0. The molecule has 1 aromatic carbocycles. The number of hydrogen-bond acceptors (Lipinski definition) is 2. The van der Waals surface area contributed by atoms with Gasteiger partial charge in [-0.15, -0.1) is 0 Å². The molecule has 1 aliphatic carbocycles. The molecular weight excluding hydrogens is 284 g/mol. The van der Waals surface area contributed by atoms with Crippen molar-refractivity contribution in [2.45, 2.75) is 55.9 Å². The first kappa shape index (κ1) is 15.4. The van der Waals surface area contributed by atoms with Crippen LogP contribution < -0.4 is 4.72 Å². The Balaban J connectivity index is 2.10. The van der Waals surface area contributed by atoms with E-state index in [0.717, 1.165) is 56.7 Å². The van der Waals surface area contributed by atoms with E-state index < -0.39 is 21.7 Å². The lowest BCUT2D eigenvalue weighted by atomic mass is 9.97. The van der Waals surface area contributed by atoms with Crippen LogP contribution in [-0.2, 0) is 10.0 Å². The van der Waals surface area contributed by atoms with E-state index in [9.17, 15) is 17.2 Å². The first-order chi connectivity index (χ1) is 9.49. The second kappa shape index (κ2) is 6.63. The van der Waals surface area contributed by atoms with Crippen LogP contribution in [0.15, 0.2) is 23.1 Å². The summed E-state index contributed by atoms with van der Waals surface area (Å²) in [6.45, 7) is 0. The molecule has 0 spiro atoms. The van der Waals surface area contributed by atoms with Gasteiger partial charge >= 0.3 is 0 Å². The van der Waals surface area contributed by atoms with Crippen molar-refractivity contribution in [3.8, 4) is 0 Å². The minimum Gasteiger partial charge on any atom is -0.208 e. The number of halogens is 2. The Labute approximate surface area is 118 Å². The molecule has 0 heterocycles. The van der Waals surface area contributed by atoms with Crippen LogP contribution in [0.3, 0.4) is 0 Å². The first-order valence-electron chi connectivity index (χ1n) is 6.96. The minimum absolute atomic E-state index is 0.117. The molecular formula is C14H19F2NO2S. The number of rotatable bonds is 3. The van der Waals surface area contributed by atoms with Gasteiger partial charge in [0.15, 0.2) is 11.6 Å². The van der Waals surface area contributed by atoms with E-state index in [-0.39, 0.29) is 10.9 Å². The summed E-state index contributed by atoms with van der Waals surface area (Å²) in [6, 6.07) is 2.53. The predicted octanol–water partition coefficient (Wildman–Crippen LogP) is 3.36. The maximum Gasteiger partial charge on any atom is 0.240 e. The fourth-order valence-electron chi connectivity index (χ4n) is 2.51. The second-order valence-electron chi connectivity index (χ2n) is 5.24. The van der Waals surface area contributed by atoms with E-state index in [0.29, 0.717) is 0 Å². The molecule has 0 saturated heterocycles. The van der Waals surface area contributed by atoms with Gasteiger partial charge in [-0.1, -0.05) is 32.1 Å². The molecule has 1 aromatic rings. The van der Waals surface area contributed by atoms with Gasteiger partial charge in [0.05, 0.1) is 4.90 Å². The molecule has 20 heavy (non-hydrogen) atoms. The van der Waals surface area contributed by atoms with Gasteiger partial charge in [-0.3, -0.25) is 0 Å². The van der Waals surface area contributed by atoms with E-state index in [4.69, 9.17) is 0 Å². The highest BCUT2D eigenvalue weighted by Gasteiger charge is 2.21. The van der Waals surface area contributed by atoms with E-state index >= 15 is 0 Å². The zero-order valence-corrected chi connectivity index (χ0v) is 12.1. The van der Waals surface area contributed by atoms with Crippen LogP contribution in [0.5, 0.6) is 0 Å². The normalized spacial score (nSPS) is 18.5. The van der Waals surface area contributed by atoms with Crippen LogP contribution in [0.2, 0.25) is 0 Å². The Morgan fingerprint density at radius 2 is 1.55 bits per heavy atom. The second-order valence-corrected chi connectivity index (χ2v) is 6.95. The van der Waals surface area contributed by atoms with Crippen molar-refractivity contribution in [3.63, 3.8) is 0 Å². The fraction of sp³-hybridized carbons (Fsp3) is 0.571. The molecule has 0 aromatic heterocycles. The zero-order chi connectivity index (χ0) is 14.6. The minimum atomic E-state index is -3.78. The van der Waals surface area contributed by atoms with Gasteiger partial charge in [0, 0.05) is 6.04 Å². The average Bonchev–Trinajstić information content (AvgIpc) is 2.35. The Morgan fingerprint density at radius 1 is 0.950 bits per heavy atom. The van der Waals surface area contributed by atoms with Gasteiger partial charge in [-0.25, -0.2) is 21.9 Å². The van der Waals surface area contributed by atoms with Gasteiger partial charge in [0.2, 0.25) is 10.0 Å². The Bertz CT molecular complexity index is 552. The summed E-state index contributed by atoms with van der Waals surface area (Å²) in [4.78, 5) is -0.224. The number of nitrogens with one attached hydrogen (secondary N) is 1. The predicted molar refractivity (Wildman–Crippen MR) is 72.8 cm³/mol. The molecule has 1 aliphatic rings. The Kier molecular flexibility index (Phi) is 5.10. The molecule has 1 saturated carbocycles. The van der Waals surface area contributed by atoms with Gasteiger partial charge in [-0.2, -0.15) is 0 Å². The molecule has 112 valence electrons. The quantitative estimate of drug-likeness (QED) is 0.930. The van der Waals surface area contributed by atoms with Gasteiger partial charge in [0.25, 0.3) is 0 Å². The highest BCUT2D eigenvalue weighted by molar-refractivity contribution is 7.89. The molecule has 1 N–H and O–H groups in total. The van der Waals surface area contributed by atoms with Crippen molar-refractivity contribution in [1.29, 1.82) is 0 Å². The smallest absolute Gasteiger partial charge is 0.208 e. The molecule has 0 aliphatic heterocycles. The summed E-state index contributed by atoms with van der Waals surface area (Å²) in [5.41, 5.74) is 0. The van der Waals surface area contributed by atoms with Crippen molar-refractivity contribution in [3.05, 3.63) is 29.8 Å². The number of benzene rings is 1. The third-order valence-corrected chi connectivity index (χ3v) is 5.15. The van der Waals surface area contributed by atoms with Crippen molar-refractivity contribution in [2.24, 2.45) is 0 Å². The maximum absolute atomic E-state index is 13.1. The van der Waals surface area contributed by atoms with Gasteiger partial charge < -0.3 is 0 Å². The summed E-state index contributed by atoms with van der Waals surface area (Å²) < 4.78 is 52.9. The summed E-state index contributed by atoms with van der Waals surface area (Å²) in [7, 11) is -3.78. The molecule has 2 rings (SSSR count). The van der Waals surface area contributed by atoms with Crippen molar-refractivity contribution >= 4 is 10.0 Å². The zero-order valence-electron chi connectivity index (χ0n) is 11.2. The molecule has 1 fully saturated rings. The maximum atomic E-state index is 13.1. The molecule has 0 radical (unpaired) electrons. The van der Waals surface area contributed by atoms with Crippen LogP contribution in [0, 0.1) is 11.6 Å². The van der Waals surface area contributed by atoms with E-state index in [1.165, 1.54) is 6.42 Å². The van der Waals surface area contributed by atoms with Gasteiger partial charge in [-0.05, 0) is 31.0 Å². The van der Waals surface area contributed by atoms with Crippen LogP contribution in [0.1, 0.15) is 44.9 Å². The summed E-state index contributed by atoms with van der Waals surface area (Å²) in [6.07, 6.45) is 7.00. The fourth-order valence-corrected chi connectivity index (χ4v) is 3.82. The van der Waals surface area contributed by atoms with Crippen molar-refractivity contribution in [2.75, 3.05) is 0 Å². The number of hydrogen-bond donors (Lipinski definition) is 1. The highest BCUT2D eigenvalue weighted by Crippen LogP contribution is 2.20. The molecule has 3 nitrogen and oxygen atoms in total. The van der Waals surface area contributed by atoms with E-state index in [1.54, 1.807) is 0 Å². The third-order valence-electron chi connectivity index (χ3n) is 3.63. The topological polar surface area (TPSA) is 46.2 Å². The first-order valence-corrected chi connectivity index (χ1v) is 8.45. The van der Waals surface area contributed by atoms with E-state index in [1.807, 2.05) is 0 Å². The number of sulfonamides is 1. The SMILES string of the molecule is O=S(=O)(NC1CCCCCCC1)c1ccc(F)c(F)c1. The molecule has 0 amide bonds. The lowest BCUT2D eigenvalue weighted by Crippen LogP contribution is -2.35. The van der Waals surface area contributed by atoms with Crippen molar-refractivity contribution in [1.82, 2.24) is 4.72 Å². The largest absolute Gasteiger partial charge is 0.240 e. The van der Waals surface area contributed by atoms with Gasteiger partial charge in [0.1, 0.15) is 0 Å². The molecule has 6 heteroatoms. The highest BCUT2D eigenvalue weighted by atomic mass is 32.2. The molecule has 0 atom stereocenters. The van der Waals surface area contributed by atoms with Crippen LogP contribution in [0.25, 0.3) is 0 Å². The molecule has 0 unspecified atom stereocenters. The summed E-state index contributed by atoms with van der Waals surface area (Å²) >= 11 is 0. The Hall–Kier alpha value is -1.01. The molecule has 0 bridgehead atoms. The van der Waals surface area contributed by atoms with Crippen LogP contribution in [-0.4, -0.2) is 14.5 Å². The lowest BCUT2D eigenvalue weighted by Gasteiger charge is -2.21. The monoisotopic (exact) mass is 303 g/mol. The van der Waals surface area contributed by atoms with Crippen LogP contribution in [0.4, 0.5) is 8.78 Å². The standard InChI is InChI=1S/C14H19F2NO2S/c15-13-9-8-12(10-14(13)16)20(18,19)17-11-6-4-2-1-3-5-7-11/h8-11,17H,1-7H2. The third kappa shape index (κ3) is 3.99. The Morgan fingerprint density at radius 3 is 2.15 bits per heavy atom. The average molecular weight is 303 g/mol. The van der Waals surface area contributed by atoms with E-state index in [2.05, 4.69) is 4.72 Å². The summed E-state index contributed by atoms with van der Waals surface area (Å²) in [5.74, 6) is -2.19. The van der Waals surface area contributed by atoms with Crippen LogP contribution >= 0.6 is 0 Å².